The molecule has 3 aromatic carbocycles. The molecule has 3 aromatic rings. The number of nitrogens with one attached hydrogen (secondary N) is 2. The number of anilines is 1. The number of morpholine rings is 1. The van der Waals surface area contributed by atoms with Gasteiger partial charge in [0.15, 0.2) is 0 Å². The summed E-state index contributed by atoms with van der Waals surface area (Å²) in [6, 6.07) is 18.5. The Morgan fingerprint density at radius 3 is 2.33 bits per heavy atom. The van der Waals surface area contributed by atoms with Crippen molar-refractivity contribution >= 4 is 11.6 Å². The standard InChI is InChI=1S/C31H37F2N3O3/c1-2-22-4-3-5-24(14-22)20-34-21-30(37)29(17-25-15-26(32)19-27(33)16-25)35-31(38)18-23-6-8-28(9-7-23)36-10-12-39-13-11-36/h3-9,14-16,19,29-30,34,37H,2,10-13,17-18,20-21H2,1H3,(H,35,38). The Balaban J connectivity index is 1.38. The summed E-state index contributed by atoms with van der Waals surface area (Å²) < 4.78 is 33.1. The molecule has 0 aromatic heterocycles. The Morgan fingerprint density at radius 1 is 0.949 bits per heavy atom. The number of hydrogen-bond acceptors (Lipinski definition) is 5. The van der Waals surface area contributed by atoms with E-state index in [2.05, 4.69) is 34.6 Å². The van der Waals surface area contributed by atoms with Gasteiger partial charge in [-0.25, -0.2) is 8.78 Å². The first-order valence-corrected chi connectivity index (χ1v) is 13.5. The van der Waals surface area contributed by atoms with E-state index in [0.29, 0.717) is 25.3 Å². The van der Waals surface area contributed by atoms with Gasteiger partial charge in [-0.05, 0) is 59.4 Å². The van der Waals surface area contributed by atoms with Crippen LogP contribution in [0.2, 0.25) is 0 Å². The predicted octanol–water partition coefficient (Wildman–Crippen LogP) is 3.78. The third-order valence-electron chi connectivity index (χ3n) is 6.95. The molecule has 1 aliphatic heterocycles. The van der Waals surface area contributed by atoms with Gasteiger partial charge >= 0.3 is 0 Å². The lowest BCUT2D eigenvalue weighted by Crippen LogP contribution is -2.49. The van der Waals surface area contributed by atoms with Gasteiger partial charge in [0.2, 0.25) is 5.91 Å². The van der Waals surface area contributed by atoms with E-state index in [1.54, 1.807) is 0 Å². The van der Waals surface area contributed by atoms with Crippen LogP contribution in [0.3, 0.4) is 0 Å². The number of halogens is 2. The number of hydrogen-bond donors (Lipinski definition) is 3. The van der Waals surface area contributed by atoms with Crippen LogP contribution in [0.15, 0.2) is 66.7 Å². The maximum Gasteiger partial charge on any atom is 0.224 e. The molecule has 1 saturated heterocycles. The molecule has 208 valence electrons. The van der Waals surface area contributed by atoms with Crippen molar-refractivity contribution in [2.45, 2.75) is 44.9 Å². The first-order chi connectivity index (χ1) is 18.9. The van der Waals surface area contributed by atoms with Crippen LogP contribution in [0.4, 0.5) is 14.5 Å². The van der Waals surface area contributed by atoms with Crippen molar-refractivity contribution in [3.8, 4) is 0 Å². The summed E-state index contributed by atoms with van der Waals surface area (Å²) in [4.78, 5) is 15.2. The van der Waals surface area contributed by atoms with Crippen molar-refractivity contribution in [3.05, 3.63) is 101 Å². The number of aliphatic hydroxyl groups is 1. The normalized spacial score (nSPS) is 15.1. The van der Waals surface area contributed by atoms with Crippen molar-refractivity contribution in [2.24, 2.45) is 0 Å². The number of nitrogens with zero attached hydrogens (tertiary/aromatic N) is 1. The average Bonchev–Trinajstić information content (AvgIpc) is 2.93. The molecule has 6 nitrogen and oxygen atoms in total. The minimum absolute atomic E-state index is 0.0879. The van der Waals surface area contributed by atoms with Crippen LogP contribution in [0.25, 0.3) is 0 Å². The summed E-state index contributed by atoms with van der Waals surface area (Å²) in [7, 11) is 0. The lowest BCUT2D eigenvalue weighted by atomic mass is 10.00. The van der Waals surface area contributed by atoms with E-state index in [0.717, 1.165) is 42.4 Å². The largest absolute Gasteiger partial charge is 0.390 e. The van der Waals surface area contributed by atoms with Crippen molar-refractivity contribution in [2.75, 3.05) is 37.7 Å². The van der Waals surface area contributed by atoms with Crippen molar-refractivity contribution in [1.29, 1.82) is 0 Å². The van der Waals surface area contributed by atoms with Crippen LogP contribution in [0.5, 0.6) is 0 Å². The van der Waals surface area contributed by atoms with Gasteiger partial charge in [0, 0.05) is 37.9 Å². The fourth-order valence-corrected chi connectivity index (χ4v) is 4.82. The van der Waals surface area contributed by atoms with E-state index >= 15 is 0 Å². The van der Waals surface area contributed by atoms with Gasteiger partial charge in [0.25, 0.3) is 0 Å². The molecule has 0 spiro atoms. The van der Waals surface area contributed by atoms with Crippen LogP contribution in [0.1, 0.15) is 29.2 Å². The second kappa shape index (κ2) is 14.2. The quantitative estimate of drug-likeness (QED) is 0.328. The second-order valence-corrected chi connectivity index (χ2v) is 9.97. The van der Waals surface area contributed by atoms with Gasteiger partial charge in [-0.15, -0.1) is 0 Å². The van der Waals surface area contributed by atoms with Gasteiger partial charge < -0.3 is 25.4 Å². The van der Waals surface area contributed by atoms with Gasteiger partial charge in [0.05, 0.1) is 31.8 Å². The van der Waals surface area contributed by atoms with Crippen molar-refractivity contribution in [1.82, 2.24) is 10.6 Å². The monoisotopic (exact) mass is 537 g/mol. The lowest BCUT2D eigenvalue weighted by Gasteiger charge is -2.29. The summed E-state index contributed by atoms with van der Waals surface area (Å²) in [6.07, 6.45) is 0.176. The van der Waals surface area contributed by atoms with E-state index in [4.69, 9.17) is 4.74 Å². The Bertz CT molecular complexity index is 1200. The van der Waals surface area contributed by atoms with Gasteiger partial charge in [-0.1, -0.05) is 43.3 Å². The molecule has 1 heterocycles. The highest BCUT2D eigenvalue weighted by molar-refractivity contribution is 5.79. The number of carbonyl (C=O) groups excluding carboxylic acids is 1. The minimum Gasteiger partial charge on any atom is -0.390 e. The molecule has 0 aliphatic carbocycles. The third-order valence-corrected chi connectivity index (χ3v) is 6.95. The Hall–Kier alpha value is -3.33. The molecule has 39 heavy (non-hydrogen) atoms. The first kappa shape index (κ1) is 28.7. The van der Waals surface area contributed by atoms with E-state index < -0.39 is 23.8 Å². The number of benzene rings is 3. The Labute approximate surface area is 229 Å². The second-order valence-electron chi connectivity index (χ2n) is 9.97. The molecule has 1 fully saturated rings. The molecule has 3 N–H and O–H groups in total. The van der Waals surface area contributed by atoms with Crippen LogP contribution in [-0.2, 0) is 35.3 Å². The zero-order valence-corrected chi connectivity index (χ0v) is 22.3. The maximum absolute atomic E-state index is 13.8. The summed E-state index contributed by atoms with van der Waals surface area (Å²) in [5.41, 5.74) is 4.60. The summed E-state index contributed by atoms with van der Waals surface area (Å²) >= 11 is 0. The van der Waals surface area contributed by atoms with Crippen LogP contribution >= 0.6 is 0 Å². The highest BCUT2D eigenvalue weighted by Crippen LogP contribution is 2.17. The Morgan fingerprint density at radius 2 is 1.64 bits per heavy atom. The molecular weight excluding hydrogens is 500 g/mol. The molecule has 1 amide bonds. The number of ether oxygens (including phenoxy) is 1. The van der Waals surface area contributed by atoms with Crippen LogP contribution < -0.4 is 15.5 Å². The summed E-state index contributed by atoms with van der Waals surface area (Å²) in [5.74, 6) is -1.66. The molecule has 4 rings (SSSR count). The predicted molar refractivity (Wildman–Crippen MR) is 149 cm³/mol. The fourth-order valence-electron chi connectivity index (χ4n) is 4.82. The molecule has 2 atom stereocenters. The molecule has 1 aliphatic rings. The maximum atomic E-state index is 13.8. The molecule has 0 radical (unpaired) electrons. The fraction of sp³-hybridized carbons (Fsp3) is 0.387. The van der Waals surface area contributed by atoms with Gasteiger partial charge in [0.1, 0.15) is 11.6 Å². The highest BCUT2D eigenvalue weighted by atomic mass is 19.1. The first-order valence-electron chi connectivity index (χ1n) is 13.5. The van der Waals surface area contributed by atoms with Gasteiger partial charge in [-0.3, -0.25) is 4.79 Å². The van der Waals surface area contributed by atoms with E-state index in [1.807, 2.05) is 36.4 Å². The van der Waals surface area contributed by atoms with Crippen molar-refractivity contribution in [3.63, 3.8) is 0 Å². The smallest absolute Gasteiger partial charge is 0.224 e. The number of rotatable bonds is 12. The van der Waals surface area contributed by atoms with E-state index in [9.17, 15) is 18.7 Å². The Kier molecular flexibility index (Phi) is 10.4. The third kappa shape index (κ3) is 8.85. The van der Waals surface area contributed by atoms with Crippen LogP contribution in [-0.4, -0.2) is 56.0 Å². The van der Waals surface area contributed by atoms with E-state index in [1.165, 1.54) is 17.7 Å². The number of aryl methyl sites for hydroxylation is 1. The number of amides is 1. The zero-order valence-electron chi connectivity index (χ0n) is 22.3. The topological polar surface area (TPSA) is 73.8 Å². The molecular formula is C31H37F2N3O3. The summed E-state index contributed by atoms with van der Waals surface area (Å²) in [5, 5.41) is 17.1. The number of carbonyl (C=O) groups is 1. The lowest BCUT2D eigenvalue weighted by molar-refractivity contribution is -0.122. The van der Waals surface area contributed by atoms with Crippen LogP contribution in [0, 0.1) is 11.6 Å². The summed E-state index contributed by atoms with van der Waals surface area (Å²) in [6.45, 7) is 5.91. The van der Waals surface area contributed by atoms with Gasteiger partial charge in [-0.2, -0.15) is 0 Å². The van der Waals surface area contributed by atoms with Crippen molar-refractivity contribution < 1.29 is 23.4 Å². The molecule has 8 heteroatoms. The molecule has 0 bridgehead atoms. The molecule has 2 unspecified atom stereocenters. The number of aliphatic hydroxyl groups excluding tert-OH is 1. The zero-order chi connectivity index (χ0) is 27.6. The minimum atomic E-state index is -0.974. The molecule has 0 saturated carbocycles. The van der Waals surface area contributed by atoms with E-state index in [-0.39, 0.29) is 25.3 Å². The SMILES string of the molecule is CCc1cccc(CNCC(O)C(Cc2cc(F)cc(F)c2)NC(=O)Cc2ccc(N3CCOCC3)cc2)c1. The average molecular weight is 538 g/mol. The highest BCUT2D eigenvalue weighted by Gasteiger charge is 2.23.